The first-order chi connectivity index (χ1) is 8.38. The van der Waals surface area contributed by atoms with Crippen molar-refractivity contribution in [1.29, 1.82) is 0 Å². The first kappa shape index (κ1) is 14.7. The minimum Gasteiger partial charge on any atom is -0.396 e. The average molecular weight is 253 g/mol. The molecule has 5 N–H and O–H groups in total. The Kier molecular flexibility index (Phi) is 4.86. The lowest BCUT2D eigenvalue weighted by atomic mass is 10.0. The van der Waals surface area contributed by atoms with Crippen LogP contribution in [0.25, 0.3) is 0 Å². The van der Waals surface area contributed by atoms with Crippen molar-refractivity contribution >= 4 is 11.6 Å². The maximum absolute atomic E-state index is 9.02. The predicted octanol–water partition coefficient (Wildman–Crippen LogP) is 1.46. The molecule has 0 radical (unpaired) electrons. The van der Waals surface area contributed by atoms with Gasteiger partial charge in [0.25, 0.3) is 0 Å². The molecule has 0 unspecified atom stereocenters. The molecule has 1 aromatic rings. The van der Waals surface area contributed by atoms with E-state index in [-0.39, 0.29) is 18.1 Å². The van der Waals surface area contributed by atoms with Gasteiger partial charge in [0.15, 0.2) is 0 Å². The van der Waals surface area contributed by atoms with E-state index in [0.717, 1.165) is 5.82 Å². The van der Waals surface area contributed by atoms with E-state index in [1.54, 1.807) is 6.07 Å². The van der Waals surface area contributed by atoms with Crippen LogP contribution in [-0.2, 0) is 0 Å². The van der Waals surface area contributed by atoms with Crippen LogP contribution in [0.1, 0.15) is 45.9 Å². The van der Waals surface area contributed by atoms with E-state index in [1.807, 2.05) is 27.7 Å². The van der Waals surface area contributed by atoms with Crippen molar-refractivity contribution in [1.82, 2.24) is 9.97 Å². The van der Waals surface area contributed by atoms with Gasteiger partial charge < -0.3 is 15.8 Å². The number of nitrogens with two attached hydrogens (primary N) is 1. The minimum absolute atomic E-state index is 0.129. The maximum Gasteiger partial charge on any atom is 0.145 e. The molecule has 1 aromatic heterocycles. The molecule has 0 saturated heterocycles. The smallest absolute Gasteiger partial charge is 0.145 e. The first-order valence-electron chi connectivity index (χ1n) is 6.12. The summed E-state index contributed by atoms with van der Waals surface area (Å²) in [6, 6.07) is 1.75. The molecule has 0 aliphatic rings. The van der Waals surface area contributed by atoms with Crippen LogP contribution in [0.5, 0.6) is 0 Å². The second-order valence-electron chi connectivity index (χ2n) is 5.28. The van der Waals surface area contributed by atoms with Gasteiger partial charge in [-0.05, 0) is 20.3 Å². The molecule has 0 saturated carbocycles. The summed E-state index contributed by atoms with van der Waals surface area (Å²) >= 11 is 0. The summed E-state index contributed by atoms with van der Waals surface area (Å²) in [5.41, 5.74) is 2.31. The second-order valence-corrected chi connectivity index (χ2v) is 5.28. The summed E-state index contributed by atoms with van der Waals surface area (Å²) in [5.74, 6) is 7.64. The van der Waals surface area contributed by atoms with Crippen LogP contribution in [0.2, 0.25) is 0 Å². The molecule has 1 rings (SSSR count). The van der Waals surface area contributed by atoms with Gasteiger partial charge in [-0.25, -0.2) is 15.8 Å². The van der Waals surface area contributed by atoms with Crippen LogP contribution >= 0.6 is 0 Å². The number of hydrogen-bond acceptors (Lipinski definition) is 6. The molecule has 0 amide bonds. The molecule has 6 nitrogen and oxygen atoms in total. The molecule has 0 fully saturated rings. The zero-order valence-corrected chi connectivity index (χ0v) is 11.5. The summed E-state index contributed by atoms with van der Waals surface area (Å²) in [5, 5.41) is 12.3. The molecule has 0 aromatic carbocycles. The van der Waals surface area contributed by atoms with Crippen LogP contribution in [0.3, 0.4) is 0 Å². The van der Waals surface area contributed by atoms with Crippen molar-refractivity contribution in [2.75, 3.05) is 17.3 Å². The van der Waals surface area contributed by atoms with Crippen molar-refractivity contribution < 1.29 is 5.11 Å². The van der Waals surface area contributed by atoms with Crippen LogP contribution in [-0.4, -0.2) is 27.2 Å². The van der Waals surface area contributed by atoms with Crippen molar-refractivity contribution in [3.05, 3.63) is 11.9 Å². The molecule has 1 heterocycles. The Labute approximate surface area is 108 Å². The number of aliphatic hydroxyl groups excluding tert-OH is 1. The van der Waals surface area contributed by atoms with Gasteiger partial charge in [0, 0.05) is 24.1 Å². The number of anilines is 2. The largest absolute Gasteiger partial charge is 0.396 e. The normalized spacial score (nSPS) is 11.7. The standard InChI is InChI=1S/C12H23N5O/c1-8(2)11-14-9(7-10(15-11)17-13)16-12(3,4)5-6-18/h7-8,18H,5-6,13H2,1-4H3,(H2,14,15,16,17). The first-order valence-corrected chi connectivity index (χ1v) is 6.12. The van der Waals surface area contributed by atoms with E-state index < -0.39 is 0 Å². The molecule has 0 aliphatic heterocycles. The highest BCUT2D eigenvalue weighted by atomic mass is 16.3. The minimum atomic E-state index is -0.233. The third-order valence-corrected chi connectivity index (χ3v) is 2.61. The van der Waals surface area contributed by atoms with E-state index in [4.69, 9.17) is 10.9 Å². The van der Waals surface area contributed by atoms with Gasteiger partial charge in [0.05, 0.1) is 0 Å². The van der Waals surface area contributed by atoms with Crippen LogP contribution in [0.4, 0.5) is 11.6 Å². The SMILES string of the molecule is CC(C)c1nc(NN)cc(NC(C)(C)CCO)n1. The molecular weight excluding hydrogens is 230 g/mol. The lowest BCUT2D eigenvalue weighted by Gasteiger charge is -2.26. The van der Waals surface area contributed by atoms with Crippen molar-refractivity contribution in [3.63, 3.8) is 0 Å². The predicted molar refractivity (Wildman–Crippen MR) is 73.3 cm³/mol. The van der Waals surface area contributed by atoms with Gasteiger partial charge in [-0.2, -0.15) is 0 Å². The molecular formula is C12H23N5O. The zero-order valence-electron chi connectivity index (χ0n) is 11.5. The number of rotatable bonds is 6. The monoisotopic (exact) mass is 253 g/mol. The number of nitrogens with one attached hydrogen (secondary N) is 2. The fourth-order valence-corrected chi connectivity index (χ4v) is 1.55. The number of nitrogen functional groups attached to an aromatic ring is 1. The van der Waals surface area contributed by atoms with E-state index in [0.29, 0.717) is 18.1 Å². The van der Waals surface area contributed by atoms with E-state index in [2.05, 4.69) is 20.7 Å². The number of hydrazine groups is 1. The molecule has 102 valence electrons. The average Bonchev–Trinajstić information content (AvgIpc) is 2.27. The van der Waals surface area contributed by atoms with E-state index in [1.165, 1.54) is 0 Å². The lowest BCUT2D eigenvalue weighted by Crippen LogP contribution is -2.32. The highest BCUT2D eigenvalue weighted by molar-refractivity contribution is 5.48. The highest BCUT2D eigenvalue weighted by Crippen LogP contribution is 2.20. The molecule has 6 heteroatoms. The summed E-state index contributed by atoms with van der Waals surface area (Å²) in [6.07, 6.45) is 0.638. The fraction of sp³-hybridized carbons (Fsp3) is 0.667. The molecule has 0 spiro atoms. The quantitative estimate of drug-likeness (QED) is 0.453. The van der Waals surface area contributed by atoms with Gasteiger partial charge >= 0.3 is 0 Å². The molecule has 18 heavy (non-hydrogen) atoms. The number of nitrogens with zero attached hydrogens (tertiary/aromatic N) is 2. The Morgan fingerprint density at radius 2 is 1.94 bits per heavy atom. The van der Waals surface area contributed by atoms with E-state index >= 15 is 0 Å². The van der Waals surface area contributed by atoms with Crippen molar-refractivity contribution in [2.45, 2.75) is 45.6 Å². The summed E-state index contributed by atoms with van der Waals surface area (Å²) < 4.78 is 0. The van der Waals surface area contributed by atoms with Crippen LogP contribution in [0, 0.1) is 0 Å². The topological polar surface area (TPSA) is 96.1 Å². The van der Waals surface area contributed by atoms with Gasteiger partial charge in [-0.1, -0.05) is 13.8 Å². The van der Waals surface area contributed by atoms with Gasteiger partial charge in [0.1, 0.15) is 17.5 Å². The zero-order chi connectivity index (χ0) is 13.8. The van der Waals surface area contributed by atoms with Crippen LogP contribution < -0.4 is 16.6 Å². The number of hydrogen-bond donors (Lipinski definition) is 4. The highest BCUT2D eigenvalue weighted by Gasteiger charge is 2.18. The molecule has 0 bridgehead atoms. The Morgan fingerprint density at radius 3 is 2.44 bits per heavy atom. The van der Waals surface area contributed by atoms with Crippen molar-refractivity contribution in [2.24, 2.45) is 5.84 Å². The number of aromatic nitrogens is 2. The Hall–Kier alpha value is -1.40. The summed E-state index contributed by atoms with van der Waals surface area (Å²) in [7, 11) is 0. The fourth-order valence-electron chi connectivity index (χ4n) is 1.55. The number of aliphatic hydroxyl groups is 1. The lowest BCUT2D eigenvalue weighted by molar-refractivity contribution is 0.260. The van der Waals surface area contributed by atoms with Gasteiger partial charge in [0.2, 0.25) is 0 Å². The van der Waals surface area contributed by atoms with Crippen molar-refractivity contribution in [3.8, 4) is 0 Å². The Balaban J connectivity index is 2.97. The Morgan fingerprint density at radius 1 is 1.33 bits per heavy atom. The third kappa shape index (κ3) is 4.12. The van der Waals surface area contributed by atoms with Gasteiger partial charge in [-0.3, -0.25) is 0 Å². The van der Waals surface area contributed by atoms with Crippen LogP contribution in [0.15, 0.2) is 6.07 Å². The summed E-state index contributed by atoms with van der Waals surface area (Å²) in [6.45, 7) is 8.20. The maximum atomic E-state index is 9.02. The third-order valence-electron chi connectivity index (χ3n) is 2.61. The second kappa shape index (κ2) is 5.97. The van der Waals surface area contributed by atoms with Gasteiger partial charge in [-0.15, -0.1) is 0 Å². The molecule has 0 atom stereocenters. The Bertz CT molecular complexity index is 392. The summed E-state index contributed by atoms with van der Waals surface area (Å²) in [4.78, 5) is 8.74. The molecule has 0 aliphatic carbocycles. The van der Waals surface area contributed by atoms with E-state index in [9.17, 15) is 0 Å².